The molecule has 0 spiro atoms. The van der Waals surface area contributed by atoms with Gasteiger partial charge in [-0.1, -0.05) is 57.3 Å². The number of hydrogen-bond acceptors (Lipinski definition) is 0. The molecule has 0 saturated heterocycles. The number of halogens is 4. The van der Waals surface area contributed by atoms with Gasteiger partial charge in [0.05, 0.1) is 5.02 Å². The smallest absolute Gasteiger partial charge is 0.0554 e. The van der Waals surface area contributed by atoms with Crippen LogP contribution in [0.2, 0.25) is 10.0 Å². The molecule has 0 heterocycles. The van der Waals surface area contributed by atoms with Crippen LogP contribution in [0.4, 0.5) is 0 Å². The highest BCUT2D eigenvalue weighted by Crippen LogP contribution is 2.40. The maximum absolute atomic E-state index is 6.19. The molecule has 0 atom stereocenters. The van der Waals surface area contributed by atoms with Crippen molar-refractivity contribution in [3.63, 3.8) is 0 Å². The van der Waals surface area contributed by atoms with Gasteiger partial charge in [-0.25, -0.2) is 0 Å². The van der Waals surface area contributed by atoms with E-state index in [0.717, 1.165) is 20.1 Å². The molecule has 16 heavy (non-hydrogen) atoms. The summed E-state index contributed by atoms with van der Waals surface area (Å²) in [5.74, 6) is 0. The van der Waals surface area contributed by atoms with Gasteiger partial charge in [0.2, 0.25) is 0 Å². The van der Waals surface area contributed by atoms with Crippen LogP contribution in [0.15, 0.2) is 45.3 Å². The van der Waals surface area contributed by atoms with Crippen LogP contribution in [0, 0.1) is 0 Å². The maximum atomic E-state index is 6.19. The fourth-order valence-electron chi connectivity index (χ4n) is 1.45. The number of rotatable bonds is 1. The van der Waals surface area contributed by atoms with Crippen LogP contribution in [-0.2, 0) is 0 Å². The fourth-order valence-corrected chi connectivity index (χ4v) is 3.06. The van der Waals surface area contributed by atoms with Crippen molar-refractivity contribution in [2.24, 2.45) is 0 Å². The molecule has 0 aliphatic rings. The van der Waals surface area contributed by atoms with Crippen LogP contribution in [0.5, 0.6) is 0 Å². The molecule has 0 unspecified atom stereocenters. The van der Waals surface area contributed by atoms with E-state index in [1.807, 2.05) is 36.4 Å². The molecule has 0 amide bonds. The Balaban J connectivity index is 2.73. The van der Waals surface area contributed by atoms with Crippen LogP contribution in [0.3, 0.4) is 0 Å². The molecular formula is C12H6Br2Cl2. The lowest BCUT2D eigenvalue weighted by Gasteiger charge is -2.10. The van der Waals surface area contributed by atoms with Gasteiger partial charge in [-0.05, 0) is 39.7 Å². The monoisotopic (exact) mass is 378 g/mol. The van der Waals surface area contributed by atoms with Crippen LogP contribution < -0.4 is 0 Å². The van der Waals surface area contributed by atoms with E-state index in [4.69, 9.17) is 23.2 Å². The van der Waals surface area contributed by atoms with E-state index in [2.05, 4.69) is 31.9 Å². The van der Waals surface area contributed by atoms with E-state index < -0.39 is 0 Å². The molecule has 0 radical (unpaired) electrons. The second-order valence-electron chi connectivity index (χ2n) is 3.20. The average molecular weight is 381 g/mol. The molecule has 0 aliphatic heterocycles. The molecule has 0 N–H and O–H groups in total. The van der Waals surface area contributed by atoms with Crippen LogP contribution >= 0.6 is 55.1 Å². The zero-order valence-corrected chi connectivity index (χ0v) is 12.7. The van der Waals surface area contributed by atoms with Crippen LogP contribution in [-0.4, -0.2) is 0 Å². The Morgan fingerprint density at radius 2 is 1.44 bits per heavy atom. The Labute approximate surface area is 121 Å². The summed E-state index contributed by atoms with van der Waals surface area (Å²) < 4.78 is 1.80. The number of hydrogen-bond donors (Lipinski definition) is 0. The van der Waals surface area contributed by atoms with E-state index in [1.54, 1.807) is 0 Å². The van der Waals surface area contributed by atoms with Crippen LogP contribution in [0.25, 0.3) is 11.1 Å². The van der Waals surface area contributed by atoms with E-state index in [1.165, 1.54) is 0 Å². The van der Waals surface area contributed by atoms with E-state index in [-0.39, 0.29) is 0 Å². The van der Waals surface area contributed by atoms with Crippen molar-refractivity contribution >= 4 is 55.1 Å². The van der Waals surface area contributed by atoms with Crippen molar-refractivity contribution in [1.82, 2.24) is 0 Å². The maximum Gasteiger partial charge on any atom is 0.0554 e. The van der Waals surface area contributed by atoms with E-state index >= 15 is 0 Å². The van der Waals surface area contributed by atoms with Gasteiger partial charge in [-0.2, -0.15) is 0 Å². The second kappa shape index (κ2) is 5.09. The Morgan fingerprint density at radius 3 is 2.12 bits per heavy atom. The van der Waals surface area contributed by atoms with Gasteiger partial charge in [-0.3, -0.25) is 0 Å². The molecule has 2 aromatic carbocycles. The standard InChI is InChI=1S/C12H6Br2Cl2/c13-8-4-2-5-9(15)11(8)7-3-1-6-10(16)12(7)14/h1-6H. The third-order valence-corrected chi connectivity index (χ3v) is 4.56. The molecule has 0 fully saturated rings. The Morgan fingerprint density at radius 1 is 0.812 bits per heavy atom. The highest BCUT2D eigenvalue weighted by molar-refractivity contribution is 9.11. The first-order valence-corrected chi connectivity index (χ1v) is 6.84. The lowest BCUT2D eigenvalue weighted by atomic mass is 10.1. The van der Waals surface area contributed by atoms with Crippen molar-refractivity contribution in [3.8, 4) is 11.1 Å². The first-order valence-electron chi connectivity index (χ1n) is 4.49. The molecule has 2 rings (SSSR count). The van der Waals surface area contributed by atoms with Gasteiger partial charge in [0.15, 0.2) is 0 Å². The van der Waals surface area contributed by atoms with Gasteiger partial charge in [0.25, 0.3) is 0 Å². The van der Waals surface area contributed by atoms with Gasteiger partial charge < -0.3 is 0 Å². The van der Waals surface area contributed by atoms with E-state index in [0.29, 0.717) is 10.0 Å². The topological polar surface area (TPSA) is 0 Å². The van der Waals surface area contributed by atoms with E-state index in [9.17, 15) is 0 Å². The van der Waals surface area contributed by atoms with Gasteiger partial charge in [0, 0.05) is 19.5 Å². The summed E-state index contributed by atoms with van der Waals surface area (Å²) >= 11 is 19.2. The van der Waals surface area contributed by atoms with Crippen molar-refractivity contribution in [2.45, 2.75) is 0 Å². The summed E-state index contributed by atoms with van der Waals surface area (Å²) in [7, 11) is 0. The molecule has 0 nitrogen and oxygen atoms in total. The molecule has 0 saturated carbocycles. The van der Waals surface area contributed by atoms with Gasteiger partial charge in [0.1, 0.15) is 0 Å². The predicted octanol–water partition coefficient (Wildman–Crippen LogP) is 6.19. The predicted molar refractivity (Wildman–Crippen MR) is 77.3 cm³/mol. The van der Waals surface area contributed by atoms with Crippen molar-refractivity contribution in [3.05, 3.63) is 55.4 Å². The second-order valence-corrected chi connectivity index (χ2v) is 5.66. The third-order valence-electron chi connectivity index (χ3n) is 2.18. The normalized spacial score (nSPS) is 10.5. The molecule has 0 aliphatic carbocycles. The minimum absolute atomic E-state index is 0.671. The van der Waals surface area contributed by atoms with Crippen LogP contribution in [0.1, 0.15) is 0 Å². The Kier molecular flexibility index (Phi) is 3.96. The van der Waals surface area contributed by atoms with Crippen molar-refractivity contribution in [2.75, 3.05) is 0 Å². The zero-order valence-electron chi connectivity index (χ0n) is 7.98. The molecule has 2 aromatic rings. The van der Waals surface area contributed by atoms with Crippen molar-refractivity contribution in [1.29, 1.82) is 0 Å². The lowest BCUT2D eigenvalue weighted by Crippen LogP contribution is -1.84. The highest BCUT2D eigenvalue weighted by atomic mass is 79.9. The largest absolute Gasteiger partial charge is 0.0836 e. The first-order chi connectivity index (χ1) is 7.61. The molecule has 0 aromatic heterocycles. The summed E-state index contributed by atoms with van der Waals surface area (Å²) in [6, 6.07) is 11.4. The fraction of sp³-hybridized carbons (Fsp3) is 0. The summed E-state index contributed by atoms with van der Waals surface area (Å²) in [6.07, 6.45) is 0. The van der Waals surface area contributed by atoms with Gasteiger partial charge >= 0.3 is 0 Å². The minimum atomic E-state index is 0.671. The number of benzene rings is 2. The molecule has 0 bridgehead atoms. The molecule has 4 heteroatoms. The SMILES string of the molecule is Clc1cccc(-c2c(Cl)cccc2Br)c1Br. The lowest BCUT2D eigenvalue weighted by molar-refractivity contribution is 1.55. The minimum Gasteiger partial charge on any atom is -0.0836 e. The average Bonchev–Trinajstić information content (AvgIpc) is 2.24. The quantitative estimate of drug-likeness (QED) is 0.553. The molecular weight excluding hydrogens is 375 g/mol. The van der Waals surface area contributed by atoms with Gasteiger partial charge in [-0.15, -0.1) is 0 Å². The molecule has 82 valence electrons. The summed E-state index contributed by atoms with van der Waals surface area (Å²) in [5.41, 5.74) is 1.92. The Hall–Kier alpha value is -0.0200. The first kappa shape index (κ1) is 12.4. The highest BCUT2D eigenvalue weighted by Gasteiger charge is 2.12. The Bertz CT molecular complexity index is 518. The third kappa shape index (κ3) is 2.30. The summed E-state index contributed by atoms with van der Waals surface area (Å²) in [6.45, 7) is 0. The van der Waals surface area contributed by atoms with Crippen molar-refractivity contribution < 1.29 is 0 Å². The zero-order chi connectivity index (χ0) is 11.7. The summed E-state index contributed by atoms with van der Waals surface area (Å²) in [5, 5.41) is 1.36. The summed E-state index contributed by atoms with van der Waals surface area (Å²) in [4.78, 5) is 0.